The lowest BCUT2D eigenvalue weighted by molar-refractivity contribution is -0.0750. The summed E-state index contributed by atoms with van der Waals surface area (Å²) in [5, 5.41) is 0. The Hall–Kier alpha value is -2.60. The Kier molecular flexibility index (Phi) is 7.70. The van der Waals surface area contributed by atoms with E-state index in [9.17, 15) is 16.8 Å². The van der Waals surface area contributed by atoms with Crippen LogP contribution in [0.25, 0.3) is 0 Å². The minimum Gasteiger partial charge on any atom is -0.340 e. The summed E-state index contributed by atoms with van der Waals surface area (Å²) in [7, 11) is -8.11. The number of ether oxygens (including phenoxy) is 2. The van der Waals surface area contributed by atoms with Crippen molar-refractivity contribution in [2.75, 3.05) is 13.2 Å². The van der Waals surface area contributed by atoms with Gasteiger partial charge in [0.05, 0.1) is 23.0 Å². The average molecular weight is 519 g/mol. The van der Waals surface area contributed by atoms with E-state index < -0.39 is 38.7 Å². The largest absolute Gasteiger partial charge is 0.340 e. The fraction of sp³-hybridized carbons (Fsp3) is 0.280. The Balaban J connectivity index is 1.48. The van der Waals surface area contributed by atoms with E-state index in [-0.39, 0.29) is 23.0 Å². The molecule has 1 aliphatic heterocycles. The van der Waals surface area contributed by atoms with Crippen molar-refractivity contribution in [2.45, 2.75) is 42.1 Å². The Morgan fingerprint density at radius 3 is 1.43 bits per heavy atom. The first-order chi connectivity index (χ1) is 16.6. The molecule has 0 spiro atoms. The highest BCUT2D eigenvalue weighted by Gasteiger charge is 2.39. The van der Waals surface area contributed by atoms with Crippen LogP contribution in [0.2, 0.25) is 0 Å². The van der Waals surface area contributed by atoms with Crippen molar-refractivity contribution in [2.24, 2.45) is 0 Å². The van der Waals surface area contributed by atoms with Crippen LogP contribution in [-0.2, 0) is 38.1 Å². The molecule has 3 aromatic carbocycles. The molecule has 3 aromatic rings. The SMILES string of the molecule is Cc1ccc(S(=O)(=O)OCC2OC(c3ccccc3)OC2COS(=O)(=O)c2ccc(C)cc2)cc1. The molecule has 0 aromatic heterocycles. The van der Waals surface area contributed by atoms with E-state index in [1.54, 1.807) is 48.5 Å². The number of hydrogen-bond acceptors (Lipinski definition) is 8. The van der Waals surface area contributed by atoms with E-state index >= 15 is 0 Å². The van der Waals surface area contributed by atoms with Gasteiger partial charge in [-0.05, 0) is 38.1 Å². The van der Waals surface area contributed by atoms with Crippen LogP contribution in [-0.4, -0.2) is 42.3 Å². The van der Waals surface area contributed by atoms with Crippen molar-refractivity contribution in [3.8, 4) is 0 Å². The summed E-state index contributed by atoms with van der Waals surface area (Å²) < 4.78 is 72.9. The smallest absolute Gasteiger partial charge is 0.297 e. The van der Waals surface area contributed by atoms with Crippen molar-refractivity contribution in [1.29, 1.82) is 0 Å². The highest BCUT2D eigenvalue weighted by molar-refractivity contribution is 7.87. The molecule has 186 valence electrons. The molecular formula is C25H26O8S2. The molecule has 10 heteroatoms. The van der Waals surface area contributed by atoms with Crippen LogP contribution in [0.15, 0.2) is 88.7 Å². The summed E-state index contributed by atoms with van der Waals surface area (Å²) in [4.78, 5) is 0.0211. The van der Waals surface area contributed by atoms with Crippen LogP contribution in [0.4, 0.5) is 0 Å². The minimum absolute atomic E-state index is 0.0105. The second kappa shape index (κ2) is 10.6. The maximum atomic E-state index is 12.6. The van der Waals surface area contributed by atoms with Crippen molar-refractivity contribution < 1.29 is 34.7 Å². The summed E-state index contributed by atoms with van der Waals surface area (Å²) in [6, 6.07) is 21.5. The van der Waals surface area contributed by atoms with Gasteiger partial charge in [-0.3, -0.25) is 8.37 Å². The first-order valence-electron chi connectivity index (χ1n) is 10.9. The van der Waals surface area contributed by atoms with Gasteiger partial charge in [0.2, 0.25) is 0 Å². The van der Waals surface area contributed by atoms with Gasteiger partial charge < -0.3 is 9.47 Å². The quantitative estimate of drug-likeness (QED) is 0.393. The van der Waals surface area contributed by atoms with Crippen LogP contribution >= 0.6 is 0 Å². The standard InChI is InChI=1S/C25H26O8S2/c1-18-8-12-21(13-9-18)34(26,27)30-16-23-24(33-25(32-23)20-6-4-3-5-7-20)17-31-35(28,29)22-14-10-19(2)11-15-22/h3-15,23-25H,16-17H2,1-2H3. The average Bonchev–Trinajstić information content (AvgIpc) is 3.26. The lowest BCUT2D eigenvalue weighted by atomic mass is 10.2. The van der Waals surface area contributed by atoms with Crippen molar-refractivity contribution >= 4 is 20.2 Å². The van der Waals surface area contributed by atoms with E-state index in [0.717, 1.165) is 11.1 Å². The second-order valence-corrected chi connectivity index (χ2v) is 11.4. The normalized spacial score (nSPS) is 20.7. The summed E-state index contributed by atoms with van der Waals surface area (Å²) in [6.07, 6.45) is -2.62. The fourth-order valence-corrected chi connectivity index (χ4v) is 5.28. The summed E-state index contributed by atoms with van der Waals surface area (Å²) in [5.41, 5.74) is 2.52. The van der Waals surface area contributed by atoms with E-state index in [2.05, 4.69) is 0 Å². The zero-order valence-corrected chi connectivity index (χ0v) is 20.9. The number of benzene rings is 3. The molecule has 8 nitrogen and oxygen atoms in total. The van der Waals surface area contributed by atoms with Gasteiger partial charge in [-0.25, -0.2) is 0 Å². The molecule has 0 saturated carbocycles. The van der Waals surface area contributed by atoms with E-state index in [0.29, 0.717) is 5.56 Å². The van der Waals surface area contributed by atoms with Crippen molar-refractivity contribution in [3.63, 3.8) is 0 Å². The first-order valence-corrected chi connectivity index (χ1v) is 13.7. The molecule has 0 radical (unpaired) electrons. The van der Waals surface area contributed by atoms with Gasteiger partial charge in [-0.1, -0.05) is 65.7 Å². The predicted octanol–water partition coefficient (Wildman–Crippen LogP) is 3.90. The van der Waals surface area contributed by atoms with Crippen LogP contribution in [0, 0.1) is 13.8 Å². The molecule has 35 heavy (non-hydrogen) atoms. The van der Waals surface area contributed by atoms with E-state index in [1.165, 1.54) is 24.3 Å². The topological polar surface area (TPSA) is 105 Å². The first kappa shape index (κ1) is 25.5. The lowest BCUT2D eigenvalue weighted by Crippen LogP contribution is -2.33. The number of hydrogen-bond donors (Lipinski definition) is 0. The Morgan fingerprint density at radius 1 is 0.629 bits per heavy atom. The Labute approximate surface area is 205 Å². The second-order valence-electron chi connectivity index (χ2n) is 8.20. The lowest BCUT2D eigenvalue weighted by Gasteiger charge is -2.17. The molecule has 0 N–H and O–H groups in total. The molecule has 0 bridgehead atoms. The van der Waals surface area contributed by atoms with Crippen LogP contribution in [0.1, 0.15) is 23.0 Å². The third-order valence-corrected chi connectivity index (χ3v) is 8.07. The van der Waals surface area contributed by atoms with Crippen LogP contribution < -0.4 is 0 Å². The van der Waals surface area contributed by atoms with Gasteiger partial charge >= 0.3 is 0 Å². The van der Waals surface area contributed by atoms with Gasteiger partial charge in [0.1, 0.15) is 12.2 Å². The zero-order valence-electron chi connectivity index (χ0n) is 19.2. The molecule has 1 saturated heterocycles. The molecule has 0 aliphatic carbocycles. The van der Waals surface area contributed by atoms with Gasteiger partial charge in [-0.15, -0.1) is 0 Å². The van der Waals surface area contributed by atoms with Crippen molar-refractivity contribution in [3.05, 3.63) is 95.6 Å². The summed E-state index contributed by atoms with van der Waals surface area (Å²) in [5.74, 6) is 0. The highest BCUT2D eigenvalue weighted by Crippen LogP contribution is 2.32. The third-order valence-electron chi connectivity index (χ3n) is 5.48. The summed E-state index contributed by atoms with van der Waals surface area (Å²) in [6.45, 7) is 2.94. The maximum absolute atomic E-state index is 12.6. The maximum Gasteiger partial charge on any atom is 0.297 e. The van der Waals surface area contributed by atoms with Gasteiger partial charge in [-0.2, -0.15) is 16.8 Å². The number of rotatable bonds is 9. The molecule has 1 fully saturated rings. The van der Waals surface area contributed by atoms with Crippen LogP contribution in [0.3, 0.4) is 0 Å². The molecule has 2 unspecified atom stereocenters. The van der Waals surface area contributed by atoms with Gasteiger partial charge in [0, 0.05) is 5.56 Å². The fourth-order valence-electron chi connectivity index (χ4n) is 3.44. The third kappa shape index (κ3) is 6.35. The van der Waals surface area contributed by atoms with E-state index in [4.69, 9.17) is 17.8 Å². The Morgan fingerprint density at radius 2 is 1.03 bits per heavy atom. The zero-order chi connectivity index (χ0) is 25.1. The Bertz CT molecular complexity index is 1250. The van der Waals surface area contributed by atoms with Gasteiger partial charge in [0.25, 0.3) is 20.2 Å². The molecule has 4 rings (SSSR count). The monoisotopic (exact) mass is 518 g/mol. The molecule has 0 amide bonds. The predicted molar refractivity (Wildman–Crippen MR) is 128 cm³/mol. The molecule has 1 heterocycles. The van der Waals surface area contributed by atoms with Gasteiger partial charge in [0.15, 0.2) is 6.29 Å². The number of aryl methyl sites for hydroxylation is 2. The molecule has 2 atom stereocenters. The highest BCUT2D eigenvalue weighted by atomic mass is 32.2. The molecular weight excluding hydrogens is 492 g/mol. The van der Waals surface area contributed by atoms with Crippen LogP contribution in [0.5, 0.6) is 0 Å². The minimum atomic E-state index is -4.06. The van der Waals surface area contributed by atoms with E-state index in [1.807, 2.05) is 19.9 Å². The molecule has 1 aliphatic rings. The van der Waals surface area contributed by atoms with Crippen molar-refractivity contribution in [1.82, 2.24) is 0 Å². The summed E-state index contributed by atoms with van der Waals surface area (Å²) >= 11 is 0.